The first-order chi connectivity index (χ1) is 11.6. The van der Waals surface area contributed by atoms with Gasteiger partial charge in [-0.3, -0.25) is 4.79 Å². The number of hydrogen-bond donors (Lipinski definition) is 1. The lowest BCUT2D eigenvalue weighted by atomic mass is 9.81. The lowest BCUT2D eigenvalue weighted by Crippen LogP contribution is -2.20. The number of fused-ring (bicyclic) bond motifs is 1. The predicted molar refractivity (Wildman–Crippen MR) is 93.4 cm³/mol. The second kappa shape index (κ2) is 5.92. The van der Waals surface area contributed by atoms with Gasteiger partial charge in [-0.05, 0) is 67.3 Å². The van der Waals surface area contributed by atoms with Gasteiger partial charge in [0.2, 0.25) is 0 Å². The van der Waals surface area contributed by atoms with Crippen LogP contribution in [0.5, 0.6) is 0 Å². The fraction of sp³-hybridized carbons (Fsp3) is 0.421. The van der Waals surface area contributed by atoms with Crippen molar-refractivity contribution in [3.63, 3.8) is 0 Å². The van der Waals surface area contributed by atoms with E-state index in [9.17, 15) is 9.18 Å². The first-order valence-electron chi connectivity index (χ1n) is 8.53. The molecule has 0 aliphatic heterocycles. The van der Waals surface area contributed by atoms with Crippen molar-refractivity contribution in [3.05, 3.63) is 51.6 Å². The van der Waals surface area contributed by atoms with Gasteiger partial charge in [-0.15, -0.1) is 0 Å². The first kappa shape index (κ1) is 15.7. The Morgan fingerprint density at radius 3 is 2.67 bits per heavy atom. The van der Waals surface area contributed by atoms with Crippen molar-refractivity contribution in [2.75, 3.05) is 5.32 Å². The quantitative estimate of drug-likeness (QED) is 0.848. The average Bonchev–Trinajstić information content (AvgIpc) is 3.04. The van der Waals surface area contributed by atoms with E-state index in [1.54, 1.807) is 0 Å². The Labute approximate surface area is 145 Å². The zero-order valence-electron chi connectivity index (χ0n) is 13.7. The lowest BCUT2D eigenvalue weighted by Gasteiger charge is -2.27. The smallest absolute Gasteiger partial charge is 0.272 e. The van der Waals surface area contributed by atoms with Crippen molar-refractivity contribution < 1.29 is 9.18 Å². The number of amides is 1. The molecule has 2 aliphatic rings. The summed E-state index contributed by atoms with van der Waals surface area (Å²) < 4.78 is 15.4. The van der Waals surface area contributed by atoms with Crippen LogP contribution in [0.4, 0.5) is 10.1 Å². The van der Waals surface area contributed by atoms with Crippen molar-refractivity contribution in [3.8, 4) is 0 Å². The van der Waals surface area contributed by atoms with Crippen LogP contribution in [0, 0.1) is 5.82 Å². The van der Waals surface area contributed by atoms with Gasteiger partial charge in [0.1, 0.15) is 11.5 Å². The second-order valence-corrected chi connectivity index (χ2v) is 7.22. The number of nitrogens with zero attached hydrogens (tertiary/aromatic N) is 1. The number of benzene rings is 1. The molecule has 0 saturated heterocycles. The Morgan fingerprint density at radius 1 is 1.25 bits per heavy atom. The molecule has 2 aromatic rings. The summed E-state index contributed by atoms with van der Waals surface area (Å²) >= 11 is 5.81. The third-order valence-electron chi connectivity index (χ3n) is 5.39. The maximum absolute atomic E-state index is 13.3. The van der Waals surface area contributed by atoms with Crippen LogP contribution in [-0.4, -0.2) is 10.5 Å². The molecule has 0 bridgehead atoms. The largest absolute Gasteiger partial charge is 0.343 e. The van der Waals surface area contributed by atoms with Crippen molar-refractivity contribution in [1.82, 2.24) is 4.57 Å². The number of aromatic nitrogens is 1. The number of carbonyl (C=O) groups is 1. The second-order valence-electron chi connectivity index (χ2n) is 6.81. The average molecular weight is 347 g/mol. The Morgan fingerprint density at radius 2 is 2.00 bits per heavy atom. The highest BCUT2D eigenvalue weighted by Crippen LogP contribution is 2.43. The summed E-state index contributed by atoms with van der Waals surface area (Å²) in [5.41, 5.74) is 5.22. The van der Waals surface area contributed by atoms with Crippen LogP contribution >= 0.6 is 11.6 Å². The molecule has 1 aromatic carbocycles. The third-order valence-corrected chi connectivity index (χ3v) is 5.68. The zero-order valence-corrected chi connectivity index (χ0v) is 14.4. The van der Waals surface area contributed by atoms with Gasteiger partial charge in [0.25, 0.3) is 5.91 Å². The number of halogens is 2. The van der Waals surface area contributed by atoms with Crippen LogP contribution in [0.3, 0.4) is 0 Å². The Balaban J connectivity index is 1.68. The molecule has 1 fully saturated rings. The number of rotatable bonds is 3. The molecule has 1 heterocycles. The molecule has 1 aromatic heterocycles. The Hall–Kier alpha value is -1.81. The molecule has 1 N–H and O–H groups in total. The molecular formula is C19H20ClFN2O. The lowest BCUT2D eigenvalue weighted by molar-refractivity contribution is 0.101. The number of hydrogen-bond acceptors (Lipinski definition) is 1. The van der Waals surface area contributed by atoms with E-state index in [1.165, 1.54) is 54.3 Å². The van der Waals surface area contributed by atoms with Gasteiger partial charge in [-0.2, -0.15) is 0 Å². The number of carbonyl (C=O) groups excluding carboxylic acids is 1. The number of anilines is 1. The van der Waals surface area contributed by atoms with Gasteiger partial charge in [0.15, 0.2) is 0 Å². The van der Waals surface area contributed by atoms with Crippen LogP contribution in [0.15, 0.2) is 18.2 Å². The molecule has 126 valence electrons. The molecule has 3 nitrogen and oxygen atoms in total. The highest BCUT2D eigenvalue weighted by Gasteiger charge is 2.33. The van der Waals surface area contributed by atoms with Gasteiger partial charge in [-0.1, -0.05) is 18.0 Å². The van der Waals surface area contributed by atoms with E-state index in [4.69, 9.17) is 11.6 Å². The normalized spacial score (nSPS) is 16.8. The van der Waals surface area contributed by atoms with Crippen molar-refractivity contribution in [2.45, 2.75) is 44.4 Å². The monoisotopic (exact) mass is 346 g/mol. The third kappa shape index (κ3) is 2.44. The minimum Gasteiger partial charge on any atom is -0.343 e. The van der Waals surface area contributed by atoms with Gasteiger partial charge in [-0.25, -0.2) is 4.39 Å². The summed E-state index contributed by atoms with van der Waals surface area (Å²) in [6.45, 7) is 0. The predicted octanol–water partition coefficient (Wildman–Crippen LogP) is 4.83. The zero-order chi connectivity index (χ0) is 16.8. The molecular weight excluding hydrogens is 327 g/mol. The standard InChI is InChI=1S/C19H20ClFN2O/c1-23-17(11-4-2-5-11)13-6-3-7-14(13)18(23)19(24)22-12-8-9-16(21)15(20)10-12/h8-11H,2-7H2,1H3,(H,22,24). The Kier molecular flexibility index (Phi) is 3.87. The van der Waals surface area contributed by atoms with Crippen LogP contribution in [-0.2, 0) is 19.9 Å². The molecule has 1 amide bonds. The van der Waals surface area contributed by atoms with E-state index in [2.05, 4.69) is 9.88 Å². The van der Waals surface area contributed by atoms with Gasteiger partial charge >= 0.3 is 0 Å². The fourth-order valence-electron chi connectivity index (χ4n) is 4.07. The van der Waals surface area contributed by atoms with E-state index < -0.39 is 5.82 Å². The molecule has 2 aliphatic carbocycles. The molecule has 4 rings (SSSR count). The summed E-state index contributed by atoms with van der Waals surface area (Å²) in [6, 6.07) is 4.26. The SMILES string of the molecule is Cn1c(C(=O)Nc2ccc(F)c(Cl)c2)c2c(c1C1CCC1)CCC2. The summed E-state index contributed by atoms with van der Waals surface area (Å²) in [7, 11) is 2.00. The summed E-state index contributed by atoms with van der Waals surface area (Å²) in [5.74, 6) is -0.0192. The van der Waals surface area contributed by atoms with Gasteiger partial charge in [0, 0.05) is 18.4 Å². The minimum atomic E-state index is -0.485. The molecule has 0 spiro atoms. The van der Waals surface area contributed by atoms with Crippen LogP contribution in [0.1, 0.15) is 58.9 Å². The van der Waals surface area contributed by atoms with E-state index in [0.29, 0.717) is 11.6 Å². The fourth-order valence-corrected chi connectivity index (χ4v) is 4.25. The molecule has 24 heavy (non-hydrogen) atoms. The van der Waals surface area contributed by atoms with Gasteiger partial charge in [0.05, 0.1) is 5.02 Å². The minimum absolute atomic E-state index is 0.0140. The number of nitrogens with one attached hydrogen (secondary N) is 1. The van der Waals surface area contributed by atoms with Gasteiger partial charge < -0.3 is 9.88 Å². The molecule has 0 unspecified atom stereocenters. The van der Waals surface area contributed by atoms with E-state index >= 15 is 0 Å². The Bertz CT molecular complexity index is 823. The molecule has 1 saturated carbocycles. The van der Waals surface area contributed by atoms with E-state index in [-0.39, 0.29) is 10.9 Å². The van der Waals surface area contributed by atoms with Crippen molar-refractivity contribution in [1.29, 1.82) is 0 Å². The maximum atomic E-state index is 13.3. The van der Waals surface area contributed by atoms with Crippen LogP contribution < -0.4 is 5.32 Å². The van der Waals surface area contributed by atoms with Crippen LogP contribution in [0.2, 0.25) is 5.02 Å². The van der Waals surface area contributed by atoms with Crippen molar-refractivity contribution >= 4 is 23.2 Å². The summed E-state index contributed by atoms with van der Waals surface area (Å²) in [6.07, 6.45) is 6.87. The topological polar surface area (TPSA) is 34.0 Å². The van der Waals surface area contributed by atoms with Crippen LogP contribution in [0.25, 0.3) is 0 Å². The van der Waals surface area contributed by atoms with E-state index in [0.717, 1.165) is 25.0 Å². The summed E-state index contributed by atoms with van der Waals surface area (Å²) in [4.78, 5) is 12.9. The van der Waals surface area contributed by atoms with Crippen molar-refractivity contribution in [2.24, 2.45) is 7.05 Å². The molecule has 5 heteroatoms. The first-order valence-corrected chi connectivity index (χ1v) is 8.90. The highest BCUT2D eigenvalue weighted by molar-refractivity contribution is 6.31. The molecule has 0 radical (unpaired) electrons. The van der Waals surface area contributed by atoms with E-state index in [1.807, 2.05) is 7.05 Å². The maximum Gasteiger partial charge on any atom is 0.272 e. The molecule has 0 atom stereocenters. The highest BCUT2D eigenvalue weighted by atomic mass is 35.5. The summed E-state index contributed by atoms with van der Waals surface area (Å²) in [5, 5.41) is 2.89.